The molecule has 0 aromatic carbocycles. The van der Waals surface area contributed by atoms with Gasteiger partial charge in [0.05, 0.1) is 12.7 Å². The van der Waals surface area contributed by atoms with Crippen LogP contribution in [0.2, 0.25) is 0 Å². The first-order valence-electron chi connectivity index (χ1n) is 6.42. The molecule has 0 amide bonds. The van der Waals surface area contributed by atoms with Gasteiger partial charge in [-0.3, -0.25) is 0 Å². The second-order valence-electron chi connectivity index (χ2n) is 5.28. The van der Waals surface area contributed by atoms with Gasteiger partial charge in [0.1, 0.15) is 0 Å². The summed E-state index contributed by atoms with van der Waals surface area (Å²) in [6, 6.07) is 1.03. The molecule has 0 bridgehead atoms. The molecule has 3 nitrogen and oxygen atoms in total. The lowest BCUT2D eigenvalue weighted by Crippen LogP contribution is -2.63. The smallest absolute Gasteiger partial charge is 0.0655 e. The van der Waals surface area contributed by atoms with Crippen LogP contribution in [0, 0.1) is 5.41 Å². The van der Waals surface area contributed by atoms with Gasteiger partial charge in [-0.1, -0.05) is 20.8 Å². The Balaban J connectivity index is 2.40. The zero-order valence-electron chi connectivity index (χ0n) is 11.4. The third-order valence-electron chi connectivity index (χ3n) is 3.84. The predicted octanol–water partition coefficient (Wildman–Crippen LogP) is 2.20. The van der Waals surface area contributed by atoms with Crippen molar-refractivity contribution < 1.29 is 9.47 Å². The second kappa shape index (κ2) is 5.99. The van der Waals surface area contributed by atoms with Crippen LogP contribution in [0.3, 0.4) is 0 Å². The molecule has 96 valence electrons. The van der Waals surface area contributed by atoms with Crippen LogP contribution in [0.1, 0.15) is 40.5 Å². The Labute approximate surface area is 99.9 Å². The van der Waals surface area contributed by atoms with Gasteiger partial charge >= 0.3 is 0 Å². The first kappa shape index (κ1) is 13.9. The molecular formula is C13H27NO2. The summed E-state index contributed by atoms with van der Waals surface area (Å²) in [5.74, 6) is 0. The number of methoxy groups -OCH3 is 1. The van der Waals surface area contributed by atoms with Crippen LogP contribution in [0.5, 0.6) is 0 Å². The SMILES string of the molecule is CCOC1CC(NC(CC)COC)C1(C)C. The first-order chi connectivity index (χ1) is 7.56. The Morgan fingerprint density at radius 2 is 2.06 bits per heavy atom. The molecule has 3 atom stereocenters. The van der Waals surface area contributed by atoms with Gasteiger partial charge in [0, 0.05) is 31.2 Å². The highest BCUT2D eigenvalue weighted by molar-refractivity contribution is 5.03. The van der Waals surface area contributed by atoms with E-state index >= 15 is 0 Å². The normalized spacial score (nSPS) is 29.8. The molecule has 1 N–H and O–H groups in total. The van der Waals surface area contributed by atoms with Crippen LogP contribution >= 0.6 is 0 Å². The molecule has 1 rings (SSSR count). The molecule has 3 unspecified atom stereocenters. The van der Waals surface area contributed by atoms with Crippen LogP contribution in [-0.2, 0) is 9.47 Å². The van der Waals surface area contributed by atoms with Gasteiger partial charge in [0.25, 0.3) is 0 Å². The van der Waals surface area contributed by atoms with E-state index < -0.39 is 0 Å². The van der Waals surface area contributed by atoms with Crippen molar-refractivity contribution in [3.05, 3.63) is 0 Å². The molecule has 1 fully saturated rings. The Morgan fingerprint density at radius 1 is 1.38 bits per heavy atom. The van der Waals surface area contributed by atoms with Crippen LogP contribution in [-0.4, -0.2) is 38.5 Å². The second-order valence-corrected chi connectivity index (χ2v) is 5.28. The average Bonchev–Trinajstić information content (AvgIpc) is 2.26. The van der Waals surface area contributed by atoms with Crippen molar-refractivity contribution in [2.45, 2.75) is 58.7 Å². The lowest BCUT2D eigenvalue weighted by Gasteiger charge is -2.53. The monoisotopic (exact) mass is 229 g/mol. The van der Waals surface area contributed by atoms with Gasteiger partial charge in [0.15, 0.2) is 0 Å². The summed E-state index contributed by atoms with van der Waals surface area (Å²) < 4.78 is 10.9. The Hall–Kier alpha value is -0.120. The van der Waals surface area contributed by atoms with Gasteiger partial charge in [-0.15, -0.1) is 0 Å². The van der Waals surface area contributed by atoms with E-state index in [2.05, 4.69) is 33.0 Å². The number of hydrogen-bond donors (Lipinski definition) is 1. The summed E-state index contributed by atoms with van der Waals surface area (Å²) in [7, 11) is 1.76. The topological polar surface area (TPSA) is 30.5 Å². The summed E-state index contributed by atoms with van der Waals surface area (Å²) in [5.41, 5.74) is 0.247. The van der Waals surface area contributed by atoms with Crippen LogP contribution in [0.25, 0.3) is 0 Å². The fourth-order valence-electron chi connectivity index (χ4n) is 2.42. The van der Waals surface area contributed by atoms with Crippen molar-refractivity contribution in [1.82, 2.24) is 5.32 Å². The molecular weight excluding hydrogens is 202 g/mol. The van der Waals surface area contributed by atoms with Crippen molar-refractivity contribution in [3.8, 4) is 0 Å². The molecule has 1 aliphatic rings. The van der Waals surface area contributed by atoms with Crippen molar-refractivity contribution in [1.29, 1.82) is 0 Å². The molecule has 0 spiro atoms. The fourth-order valence-corrected chi connectivity index (χ4v) is 2.42. The predicted molar refractivity (Wildman–Crippen MR) is 66.7 cm³/mol. The lowest BCUT2D eigenvalue weighted by molar-refractivity contribution is -0.117. The minimum atomic E-state index is 0.247. The summed E-state index contributed by atoms with van der Waals surface area (Å²) in [6.45, 7) is 10.4. The summed E-state index contributed by atoms with van der Waals surface area (Å²) in [5, 5.41) is 3.68. The molecule has 0 aromatic heterocycles. The van der Waals surface area contributed by atoms with Crippen molar-refractivity contribution in [2.24, 2.45) is 5.41 Å². The van der Waals surface area contributed by atoms with E-state index in [1.165, 1.54) is 0 Å². The number of rotatable bonds is 7. The third kappa shape index (κ3) is 2.96. The van der Waals surface area contributed by atoms with Crippen LogP contribution < -0.4 is 5.32 Å². The molecule has 16 heavy (non-hydrogen) atoms. The highest BCUT2D eigenvalue weighted by atomic mass is 16.5. The first-order valence-corrected chi connectivity index (χ1v) is 6.42. The Kier molecular flexibility index (Phi) is 5.22. The highest BCUT2D eigenvalue weighted by Gasteiger charge is 2.49. The molecule has 0 heterocycles. The van der Waals surface area contributed by atoms with Gasteiger partial charge in [-0.2, -0.15) is 0 Å². The summed E-state index contributed by atoms with van der Waals surface area (Å²) in [6.07, 6.45) is 2.65. The van der Waals surface area contributed by atoms with Gasteiger partial charge in [-0.25, -0.2) is 0 Å². The number of nitrogens with one attached hydrogen (secondary N) is 1. The zero-order valence-corrected chi connectivity index (χ0v) is 11.4. The van der Waals surface area contributed by atoms with E-state index in [1.807, 2.05) is 0 Å². The minimum absolute atomic E-state index is 0.247. The molecule has 0 saturated heterocycles. The quantitative estimate of drug-likeness (QED) is 0.726. The lowest BCUT2D eigenvalue weighted by atomic mass is 9.64. The largest absolute Gasteiger partial charge is 0.383 e. The van der Waals surface area contributed by atoms with Crippen LogP contribution in [0.15, 0.2) is 0 Å². The van der Waals surface area contributed by atoms with E-state index in [0.29, 0.717) is 18.2 Å². The summed E-state index contributed by atoms with van der Waals surface area (Å²) >= 11 is 0. The van der Waals surface area contributed by atoms with Gasteiger partial charge in [0.2, 0.25) is 0 Å². The molecule has 3 heteroatoms. The maximum absolute atomic E-state index is 5.73. The average molecular weight is 229 g/mol. The molecule has 1 aliphatic carbocycles. The number of ether oxygens (including phenoxy) is 2. The van der Waals surface area contributed by atoms with Crippen molar-refractivity contribution >= 4 is 0 Å². The Morgan fingerprint density at radius 3 is 2.50 bits per heavy atom. The van der Waals surface area contributed by atoms with Crippen molar-refractivity contribution in [2.75, 3.05) is 20.3 Å². The molecule has 0 radical (unpaired) electrons. The maximum atomic E-state index is 5.73. The van der Waals surface area contributed by atoms with E-state index in [1.54, 1.807) is 7.11 Å². The standard InChI is InChI=1S/C13H27NO2/c1-6-10(9-15-5)14-11-8-12(16-7-2)13(11,3)4/h10-12,14H,6-9H2,1-5H3. The van der Waals surface area contributed by atoms with Crippen molar-refractivity contribution in [3.63, 3.8) is 0 Å². The van der Waals surface area contributed by atoms with E-state index in [-0.39, 0.29) is 5.41 Å². The highest BCUT2D eigenvalue weighted by Crippen LogP contribution is 2.42. The minimum Gasteiger partial charge on any atom is -0.383 e. The third-order valence-corrected chi connectivity index (χ3v) is 3.84. The van der Waals surface area contributed by atoms with E-state index in [9.17, 15) is 0 Å². The zero-order chi connectivity index (χ0) is 12.2. The Bertz CT molecular complexity index is 206. The van der Waals surface area contributed by atoms with E-state index in [0.717, 1.165) is 26.1 Å². The summed E-state index contributed by atoms with van der Waals surface area (Å²) in [4.78, 5) is 0. The molecule has 1 saturated carbocycles. The fraction of sp³-hybridized carbons (Fsp3) is 1.00. The molecule has 0 aromatic rings. The van der Waals surface area contributed by atoms with Gasteiger partial charge in [-0.05, 0) is 19.8 Å². The van der Waals surface area contributed by atoms with Gasteiger partial charge < -0.3 is 14.8 Å². The molecule has 0 aliphatic heterocycles. The van der Waals surface area contributed by atoms with Crippen LogP contribution in [0.4, 0.5) is 0 Å². The maximum Gasteiger partial charge on any atom is 0.0655 e. The van der Waals surface area contributed by atoms with E-state index in [4.69, 9.17) is 9.47 Å². The number of hydrogen-bond acceptors (Lipinski definition) is 3.